The number of rotatable bonds is 5. The summed E-state index contributed by atoms with van der Waals surface area (Å²) in [7, 11) is -3.95. The van der Waals surface area contributed by atoms with E-state index in [1.54, 1.807) is 18.2 Å². The summed E-state index contributed by atoms with van der Waals surface area (Å²) in [5.74, 6) is -0.968. The van der Waals surface area contributed by atoms with Crippen LogP contribution in [-0.4, -0.2) is 28.9 Å². The molecule has 0 saturated carbocycles. The number of hydrogen-bond acceptors (Lipinski definition) is 5. The molecule has 0 aliphatic rings. The highest BCUT2D eigenvalue weighted by Gasteiger charge is 2.28. The Morgan fingerprint density at radius 2 is 1.76 bits per heavy atom. The zero-order valence-electron chi connectivity index (χ0n) is 15.0. The van der Waals surface area contributed by atoms with Crippen LogP contribution in [0.25, 0.3) is 5.52 Å². The summed E-state index contributed by atoms with van der Waals surface area (Å²) in [5.41, 5.74) is 0.878. The fourth-order valence-electron chi connectivity index (χ4n) is 2.92. The molecule has 2 aromatic heterocycles. The molecule has 0 spiro atoms. The van der Waals surface area contributed by atoms with Crippen LogP contribution in [-0.2, 0) is 21.1 Å². The van der Waals surface area contributed by atoms with Gasteiger partial charge in [0.25, 0.3) is 0 Å². The van der Waals surface area contributed by atoms with E-state index in [4.69, 9.17) is 0 Å². The maximum atomic E-state index is 13.2. The maximum Gasteiger partial charge on any atom is 0.230 e. The number of anilines is 1. The number of nitrogens with one attached hydrogen (secondary N) is 1. The van der Waals surface area contributed by atoms with Crippen molar-refractivity contribution in [1.82, 2.24) is 14.6 Å². The van der Waals surface area contributed by atoms with Gasteiger partial charge in [0, 0.05) is 6.20 Å². The summed E-state index contributed by atoms with van der Waals surface area (Å²) in [6, 6.07) is 14.9. The zero-order chi connectivity index (χ0) is 20.4. The van der Waals surface area contributed by atoms with Gasteiger partial charge >= 0.3 is 0 Å². The third-order valence-electron chi connectivity index (χ3n) is 4.25. The molecule has 0 atom stereocenters. The quantitative estimate of drug-likeness (QED) is 0.546. The van der Waals surface area contributed by atoms with Crippen LogP contribution < -0.4 is 5.32 Å². The molecule has 0 aliphatic heterocycles. The molecule has 0 saturated heterocycles. The lowest BCUT2D eigenvalue weighted by molar-refractivity contribution is -0.115. The van der Waals surface area contributed by atoms with Gasteiger partial charge in [-0.2, -0.15) is 0 Å². The van der Waals surface area contributed by atoms with Crippen molar-refractivity contribution in [2.45, 2.75) is 16.2 Å². The van der Waals surface area contributed by atoms with Crippen LogP contribution in [0.15, 0.2) is 83.0 Å². The predicted octanol–water partition coefficient (Wildman–Crippen LogP) is 2.88. The van der Waals surface area contributed by atoms with Crippen LogP contribution in [0, 0.1) is 5.82 Å². The highest BCUT2D eigenvalue weighted by molar-refractivity contribution is 7.91. The largest absolute Gasteiger partial charge is 0.308 e. The second-order valence-corrected chi connectivity index (χ2v) is 8.14. The molecule has 0 aliphatic carbocycles. The molecule has 1 amide bonds. The third kappa shape index (κ3) is 3.72. The molecule has 0 radical (unpaired) electrons. The van der Waals surface area contributed by atoms with Crippen molar-refractivity contribution in [3.05, 3.63) is 84.6 Å². The average molecular weight is 410 g/mol. The Morgan fingerprint density at radius 1 is 1.03 bits per heavy atom. The summed E-state index contributed by atoms with van der Waals surface area (Å²) in [4.78, 5) is 16.4. The van der Waals surface area contributed by atoms with Crippen molar-refractivity contribution >= 4 is 27.1 Å². The van der Waals surface area contributed by atoms with Gasteiger partial charge in [0.1, 0.15) is 17.0 Å². The first-order valence-electron chi connectivity index (χ1n) is 8.62. The monoisotopic (exact) mass is 410 g/mol. The predicted molar refractivity (Wildman–Crippen MR) is 104 cm³/mol. The second-order valence-electron chi connectivity index (χ2n) is 6.26. The Balaban J connectivity index is 1.74. The average Bonchev–Trinajstić information content (AvgIpc) is 3.08. The van der Waals surface area contributed by atoms with E-state index in [1.165, 1.54) is 59.5 Å². The zero-order valence-corrected chi connectivity index (χ0v) is 15.8. The van der Waals surface area contributed by atoms with Gasteiger partial charge in [0.15, 0.2) is 5.82 Å². The third-order valence-corrected chi connectivity index (χ3v) is 6.09. The summed E-state index contributed by atoms with van der Waals surface area (Å²) in [6.07, 6.45) is 2.75. The van der Waals surface area contributed by atoms with Gasteiger partial charge in [0.2, 0.25) is 15.7 Å². The van der Waals surface area contributed by atoms with E-state index in [2.05, 4.69) is 15.4 Å². The molecule has 2 heterocycles. The molecule has 146 valence electrons. The normalized spacial score (nSPS) is 11.5. The minimum atomic E-state index is -3.95. The van der Waals surface area contributed by atoms with Crippen LogP contribution in [0.3, 0.4) is 0 Å². The van der Waals surface area contributed by atoms with Crippen molar-refractivity contribution < 1.29 is 17.6 Å². The number of sulfone groups is 1. The molecule has 0 unspecified atom stereocenters. The molecule has 2 aromatic carbocycles. The Hall–Kier alpha value is -3.59. The number of hydrogen-bond donors (Lipinski definition) is 1. The number of benzene rings is 2. The summed E-state index contributed by atoms with van der Waals surface area (Å²) >= 11 is 0. The lowest BCUT2D eigenvalue weighted by Crippen LogP contribution is -2.17. The van der Waals surface area contributed by atoms with E-state index < -0.39 is 21.6 Å². The summed E-state index contributed by atoms with van der Waals surface area (Å²) in [5, 5.41) is 6.75. The van der Waals surface area contributed by atoms with E-state index >= 15 is 0 Å². The fraction of sp³-hybridized carbons (Fsp3) is 0.0500. The second kappa shape index (κ2) is 7.44. The van der Waals surface area contributed by atoms with E-state index in [0.717, 1.165) is 0 Å². The molecule has 0 fully saturated rings. The van der Waals surface area contributed by atoms with Gasteiger partial charge < -0.3 is 5.32 Å². The smallest absolute Gasteiger partial charge is 0.230 e. The maximum absolute atomic E-state index is 13.2. The fourth-order valence-corrected chi connectivity index (χ4v) is 4.45. The standard InChI is InChI=1S/C20H15FN4O3S/c21-15-8-6-14(7-9-15)12-18(26)23-20-19(17-10-11-22-13-25(17)24-20)29(27,28)16-4-2-1-3-5-16/h1-11,13H,12H2,(H,23,24,26). The van der Waals surface area contributed by atoms with Gasteiger partial charge in [0.05, 0.1) is 16.8 Å². The molecule has 4 rings (SSSR count). The molecule has 7 nitrogen and oxygen atoms in total. The first-order chi connectivity index (χ1) is 13.9. The number of nitrogens with zero attached hydrogens (tertiary/aromatic N) is 3. The van der Waals surface area contributed by atoms with Crippen molar-refractivity contribution in [1.29, 1.82) is 0 Å². The van der Waals surface area contributed by atoms with Gasteiger partial charge in [-0.3, -0.25) is 4.79 Å². The number of aromatic nitrogens is 3. The van der Waals surface area contributed by atoms with Crippen molar-refractivity contribution in [3.8, 4) is 0 Å². The minimum Gasteiger partial charge on any atom is -0.308 e. The Morgan fingerprint density at radius 3 is 2.48 bits per heavy atom. The number of carbonyl (C=O) groups is 1. The van der Waals surface area contributed by atoms with E-state index in [1.807, 2.05) is 0 Å². The van der Waals surface area contributed by atoms with Crippen LogP contribution in [0.4, 0.5) is 10.2 Å². The van der Waals surface area contributed by atoms with Crippen LogP contribution in [0.5, 0.6) is 0 Å². The van der Waals surface area contributed by atoms with Gasteiger partial charge in [-0.15, -0.1) is 5.10 Å². The Labute approximate surface area is 165 Å². The van der Waals surface area contributed by atoms with Crippen LogP contribution in [0.2, 0.25) is 0 Å². The Bertz CT molecular complexity index is 1290. The van der Waals surface area contributed by atoms with Crippen molar-refractivity contribution in [3.63, 3.8) is 0 Å². The van der Waals surface area contributed by atoms with Gasteiger partial charge in [-0.25, -0.2) is 22.3 Å². The molecular formula is C20H15FN4O3S. The van der Waals surface area contributed by atoms with Crippen molar-refractivity contribution in [2.75, 3.05) is 5.32 Å². The van der Waals surface area contributed by atoms with E-state index in [-0.39, 0.29) is 22.0 Å². The van der Waals surface area contributed by atoms with E-state index in [0.29, 0.717) is 11.1 Å². The topological polar surface area (TPSA) is 93.4 Å². The number of halogens is 1. The molecule has 4 aromatic rings. The number of fused-ring (bicyclic) bond motifs is 1. The highest BCUT2D eigenvalue weighted by Crippen LogP contribution is 2.31. The van der Waals surface area contributed by atoms with Crippen molar-refractivity contribution in [2.24, 2.45) is 0 Å². The number of carbonyl (C=O) groups excluding carboxylic acids is 1. The van der Waals surface area contributed by atoms with Crippen LogP contribution >= 0.6 is 0 Å². The summed E-state index contributed by atoms with van der Waals surface area (Å²) in [6.45, 7) is 0. The molecule has 0 bridgehead atoms. The lowest BCUT2D eigenvalue weighted by atomic mass is 10.1. The Kier molecular flexibility index (Phi) is 4.81. The van der Waals surface area contributed by atoms with E-state index in [9.17, 15) is 17.6 Å². The minimum absolute atomic E-state index is 0.0583. The highest BCUT2D eigenvalue weighted by atomic mass is 32.2. The molecule has 1 N–H and O–H groups in total. The first kappa shape index (κ1) is 18.8. The number of amides is 1. The first-order valence-corrected chi connectivity index (χ1v) is 10.1. The van der Waals surface area contributed by atoms with Gasteiger partial charge in [-0.05, 0) is 35.9 Å². The molecule has 29 heavy (non-hydrogen) atoms. The lowest BCUT2D eigenvalue weighted by Gasteiger charge is -2.07. The van der Waals surface area contributed by atoms with Gasteiger partial charge in [-0.1, -0.05) is 30.3 Å². The SMILES string of the molecule is O=C(Cc1ccc(F)cc1)Nc1nn2cnccc2c1S(=O)(=O)c1ccccc1. The molecule has 9 heteroatoms. The van der Waals surface area contributed by atoms with Crippen LogP contribution in [0.1, 0.15) is 5.56 Å². The molecular weight excluding hydrogens is 395 g/mol. The summed E-state index contributed by atoms with van der Waals surface area (Å²) < 4.78 is 40.8.